The lowest BCUT2D eigenvalue weighted by molar-refractivity contribution is -0.132. The molecule has 3 atom stereocenters. The van der Waals surface area contributed by atoms with E-state index in [0.717, 1.165) is 23.1 Å². The molecule has 0 radical (unpaired) electrons. The number of hydrogen-bond donors (Lipinski definition) is 4. The Kier molecular flexibility index (Phi) is 8.73. The van der Waals surface area contributed by atoms with Gasteiger partial charge in [-0.1, -0.05) is 43.5 Å². The molecule has 2 aliphatic carbocycles. The molecule has 8 nitrogen and oxygen atoms in total. The van der Waals surface area contributed by atoms with Crippen LogP contribution in [0.25, 0.3) is 11.1 Å². The number of ether oxygens (including phenoxy) is 1. The lowest BCUT2D eigenvalue weighted by Crippen LogP contribution is -2.25. The maximum absolute atomic E-state index is 12.0. The van der Waals surface area contributed by atoms with E-state index >= 15 is 0 Å². The standard InChI is InChI=1S/C30H39N5O3/c1-19(20-8-4-3-5-9-20)38-24-13-7-11-22(15-24)21-10-6-12-23(14-21)34-29(27(17-31)30(36)37)26-16-25(26)28(32)18-35(2)33/h6-7,10-15,17-20,25-26H,3-5,8-9,16,31-33H2,1-2H3,(H,36,37)/b27-17?,28-18-,34-29?. The predicted molar refractivity (Wildman–Crippen MR) is 151 cm³/mol. The summed E-state index contributed by atoms with van der Waals surface area (Å²) in [5.74, 6) is 5.83. The number of allylic oxidation sites excluding steroid dienone is 1. The molecule has 2 aromatic carbocycles. The van der Waals surface area contributed by atoms with E-state index in [1.54, 1.807) is 13.2 Å². The normalized spacial score (nSPS) is 21.6. The first kappa shape index (κ1) is 27.3. The van der Waals surface area contributed by atoms with Crippen LogP contribution in [0.15, 0.2) is 77.2 Å². The smallest absolute Gasteiger partial charge is 0.339 e. The zero-order valence-electron chi connectivity index (χ0n) is 22.2. The number of nitrogens with two attached hydrogens (primary N) is 3. The Morgan fingerprint density at radius 3 is 2.45 bits per heavy atom. The van der Waals surface area contributed by atoms with E-state index in [0.29, 0.717) is 29.4 Å². The third kappa shape index (κ3) is 6.75. The molecule has 2 saturated carbocycles. The van der Waals surface area contributed by atoms with Crippen molar-refractivity contribution >= 4 is 17.4 Å². The van der Waals surface area contributed by atoms with Crippen LogP contribution in [-0.2, 0) is 4.79 Å². The van der Waals surface area contributed by atoms with E-state index in [2.05, 4.69) is 13.0 Å². The first-order chi connectivity index (χ1) is 18.3. The summed E-state index contributed by atoms with van der Waals surface area (Å²) in [7, 11) is 1.68. The lowest BCUT2D eigenvalue weighted by atomic mass is 9.86. The number of carbonyl (C=O) groups is 1. The van der Waals surface area contributed by atoms with Crippen molar-refractivity contribution in [3.8, 4) is 16.9 Å². The molecule has 0 saturated heterocycles. The highest BCUT2D eigenvalue weighted by Crippen LogP contribution is 2.45. The van der Waals surface area contributed by atoms with Gasteiger partial charge in [0.2, 0.25) is 0 Å². The fourth-order valence-electron chi connectivity index (χ4n) is 5.36. The largest absolute Gasteiger partial charge is 0.490 e. The van der Waals surface area contributed by atoms with E-state index in [1.165, 1.54) is 37.1 Å². The zero-order valence-corrected chi connectivity index (χ0v) is 22.2. The Balaban J connectivity index is 1.59. The van der Waals surface area contributed by atoms with Crippen molar-refractivity contribution in [3.63, 3.8) is 0 Å². The van der Waals surface area contributed by atoms with Gasteiger partial charge in [0.15, 0.2) is 0 Å². The number of hydrogen-bond acceptors (Lipinski definition) is 7. The molecule has 0 spiro atoms. The highest BCUT2D eigenvalue weighted by molar-refractivity contribution is 6.21. The third-order valence-corrected chi connectivity index (χ3v) is 7.49. The summed E-state index contributed by atoms with van der Waals surface area (Å²) in [4.78, 5) is 16.7. The Labute approximate surface area is 224 Å². The van der Waals surface area contributed by atoms with Gasteiger partial charge in [-0.2, -0.15) is 0 Å². The Hall–Kier alpha value is -3.78. The molecule has 0 aromatic heterocycles. The highest BCUT2D eigenvalue weighted by Gasteiger charge is 2.45. The molecule has 38 heavy (non-hydrogen) atoms. The number of aliphatic imine (C=N–C) groups is 1. The van der Waals surface area contributed by atoms with Crippen LogP contribution in [-0.4, -0.2) is 34.9 Å². The van der Waals surface area contributed by atoms with E-state index in [4.69, 9.17) is 27.0 Å². The van der Waals surface area contributed by atoms with Crippen molar-refractivity contribution in [1.82, 2.24) is 5.01 Å². The maximum Gasteiger partial charge on any atom is 0.339 e. The van der Waals surface area contributed by atoms with Crippen LogP contribution in [0.4, 0.5) is 5.69 Å². The molecule has 3 unspecified atom stereocenters. The minimum Gasteiger partial charge on any atom is -0.490 e. The van der Waals surface area contributed by atoms with Crippen molar-refractivity contribution in [1.29, 1.82) is 0 Å². The SMILES string of the molecule is CC(Oc1cccc(-c2cccc(N=C(C(=CN)C(=O)O)C3CC3/C(N)=C/N(C)N)c2)c1)C1CCCCC1. The lowest BCUT2D eigenvalue weighted by Gasteiger charge is -2.28. The second-order valence-corrected chi connectivity index (χ2v) is 10.4. The average Bonchev–Trinajstić information content (AvgIpc) is 3.70. The average molecular weight is 518 g/mol. The third-order valence-electron chi connectivity index (χ3n) is 7.49. The first-order valence-corrected chi connectivity index (χ1v) is 13.3. The van der Waals surface area contributed by atoms with Gasteiger partial charge >= 0.3 is 5.97 Å². The summed E-state index contributed by atoms with van der Waals surface area (Å²) in [6.07, 6.45) is 9.94. The minimum absolute atomic E-state index is 0.0242. The van der Waals surface area contributed by atoms with Gasteiger partial charge in [-0.05, 0) is 67.5 Å². The van der Waals surface area contributed by atoms with E-state index in [1.807, 2.05) is 42.5 Å². The van der Waals surface area contributed by atoms with E-state index in [9.17, 15) is 9.90 Å². The maximum atomic E-state index is 12.0. The molecule has 8 heteroatoms. The van der Waals surface area contributed by atoms with Gasteiger partial charge in [-0.25, -0.2) is 10.6 Å². The molecular formula is C30H39N5O3. The Morgan fingerprint density at radius 1 is 1.11 bits per heavy atom. The molecule has 7 N–H and O–H groups in total. The first-order valence-electron chi connectivity index (χ1n) is 13.3. The molecule has 0 amide bonds. The number of carboxylic acid groups (broad SMARTS) is 1. The van der Waals surface area contributed by atoms with Crippen LogP contribution >= 0.6 is 0 Å². The molecule has 0 bridgehead atoms. The Bertz CT molecular complexity index is 1230. The zero-order chi connectivity index (χ0) is 27.2. The molecule has 2 fully saturated rings. The molecule has 0 aliphatic heterocycles. The number of rotatable bonds is 10. The molecular weight excluding hydrogens is 478 g/mol. The summed E-state index contributed by atoms with van der Waals surface area (Å²) in [5, 5.41) is 11.2. The highest BCUT2D eigenvalue weighted by atomic mass is 16.5. The molecule has 2 aliphatic rings. The summed E-state index contributed by atoms with van der Waals surface area (Å²) >= 11 is 0. The summed E-state index contributed by atoms with van der Waals surface area (Å²) in [5.41, 5.74) is 15.5. The van der Waals surface area contributed by atoms with Crippen molar-refractivity contribution < 1.29 is 14.6 Å². The monoisotopic (exact) mass is 517 g/mol. The number of benzene rings is 2. The van der Waals surface area contributed by atoms with Crippen LogP contribution in [0.1, 0.15) is 45.4 Å². The fraction of sp³-hybridized carbons (Fsp3) is 0.400. The van der Waals surface area contributed by atoms with Gasteiger partial charge in [0.1, 0.15) is 5.75 Å². The van der Waals surface area contributed by atoms with Crippen molar-refractivity contribution in [2.24, 2.45) is 40.1 Å². The molecule has 4 rings (SSSR count). The van der Waals surface area contributed by atoms with Gasteiger partial charge < -0.3 is 26.3 Å². The van der Waals surface area contributed by atoms with Crippen molar-refractivity contribution in [2.45, 2.75) is 51.6 Å². The van der Waals surface area contributed by atoms with Gasteiger partial charge in [0.25, 0.3) is 0 Å². The van der Waals surface area contributed by atoms with Crippen LogP contribution in [0, 0.1) is 17.8 Å². The van der Waals surface area contributed by atoms with Crippen LogP contribution in [0.5, 0.6) is 5.75 Å². The topological polar surface area (TPSA) is 140 Å². The van der Waals surface area contributed by atoms with E-state index in [-0.39, 0.29) is 23.5 Å². The number of carboxylic acids is 1. The fourth-order valence-corrected chi connectivity index (χ4v) is 5.36. The minimum atomic E-state index is -1.12. The van der Waals surface area contributed by atoms with Crippen LogP contribution in [0.3, 0.4) is 0 Å². The second-order valence-electron chi connectivity index (χ2n) is 10.4. The molecule has 0 heterocycles. The van der Waals surface area contributed by atoms with Crippen LogP contribution in [0.2, 0.25) is 0 Å². The second kappa shape index (κ2) is 12.2. The quantitative estimate of drug-likeness (QED) is 0.151. The van der Waals surface area contributed by atoms with Gasteiger partial charge in [-0.15, -0.1) is 0 Å². The van der Waals surface area contributed by atoms with Crippen molar-refractivity contribution in [3.05, 3.63) is 72.2 Å². The number of aliphatic carboxylic acids is 1. The summed E-state index contributed by atoms with van der Waals surface area (Å²) in [6, 6.07) is 15.8. The number of hydrazine groups is 1. The van der Waals surface area contributed by atoms with Crippen LogP contribution < -0.4 is 22.0 Å². The molecule has 2 aromatic rings. The summed E-state index contributed by atoms with van der Waals surface area (Å²) < 4.78 is 6.34. The molecule has 202 valence electrons. The van der Waals surface area contributed by atoms with Crippen molar-refractivity contribution in [2.75, 3.05) is 7.05 Å². The summed E-state index contributed by atoms with van der Waals surface area (Å²) in [6.45, 7) is 2.17. The number of nitrogens with zero attached hydrogens (tertiary/aromatic N) is 2. The van der Waals surface area contributed by atoms with E-state index < -0.39 is 5.97 Å². The predicted octanol–water partition coefficient (Wildman–Crippen LogP) is 4.94. The Morgan fingerprint density at radius 2 is 1.79 bits per heavy atom. The van der Waals surface area contributed by atoms with Gasteiger partial charge in [0, 0.05) is 37.0 Å². The van der Waals surface area contributed by atoms with Gasteiger partial charge in [-0.3, -0.25) is 4.99 Å². The van der Waals surface area contributed by atoms with Gasteiger partial charge in [0.05, 0.1) is 23.1 Å².